The zero-order chi connectivity index (χ0) is 14.3. The highest BCUT2D eigenvalue weighted by Gasteiger charge is 2.39. The molecule has 1 saturated heterocycles. The number of hydrogen-bond acceptors (Lipinski definition) is 3. The molecule has 1 fully saturated rings. The molecule has 5 heteroatoms. The number of piperidine rings is 1. The number of nitrogens with one attached hydrogen (secondary N) is 3. The third-order valence-electron chi connectivity index (χ3n) is 3.77. The maximum Gasteiger partial charge on any atom is 0.242 e. The molecule has 0 bridgehead atoms. The lowest BCUT2D eigenvalue weighted by molar-refractivity contribution is -0.136. The van der Waals surface area contributed by atoms with E-state index in [-0.39, 0.29) is 17.2 Å². The van der Waals surface area contributed by atoms with Gasteiger partial charge in [-0.15, -0.1) is 0 Å². The summed E-state index contributed by atoms with van der Waals surface area (Å²) in [5.41, 5.74) is -0.340. The molecule has 0 radical (unpaired) electrons. The van der Waals surface area contributed by atoms with Crippen molar-refractivity contribution in [3.63, 3.8) is 0 Å². The second kappa shape index (κ2) is 7.48. The minimum absolute atomic E-state index is 0.0142. The summed E-state index contributed by atoms with van der Waals surface area (Å²) in [5.74, 6) is -0.105. The standard InChI is InChI=1S/C14H27N3O2/c1-4-7-14(8-6-9-15-10-14)13(19)17-11(3)12(18)16-5-2/h11,15H,4-10H2,1-3H3,(H,16,18)(H,17,19). The lowest BCUT2D eigenvalue weighted by Gasteiger charge is -2.36. The van der Waals surface area contributed by atoms with Gasteiger partial charge in [-0.05, 0) is 39.7 Å². The summed E-state index contributed by atoms with van der Waals surface area (Å²) < 4.78 is 0. The van der Waals surface area contributed by atoms with Gasteiger partial charge in [0.15, 0.2) is 0 Å². The SMILES string of the molecule is CCCC1(C(=O)NC(C)C(=O)NCC)CCCNC1. The zero-order valence-electron chi connectivity index (χ0n) is 12.3. The monoisotopic (exact) mass is 269 g/mol. The van der Waals surface area contributed by atoms with Crippen LogP contribution >= 0.6 is 0 Å². The van der Waals surface area contributed by atoms with Gasteiger partial charge in [-0.3, -0.25) is 9.59 Å². The first kappa shape index (κ1) is 16.0. The summed E-state index contributed by atoms with van der Waals surface area (Å²) in [6, 6.07) is -0.469. The van der Waals surface area contributed by atoms with Crippen molar-refractivity contribution in [3.05, 3.63) is 0 Å². The molecule has 110 valence electrons. The van der Waals surface area contributed by atoms with Crippen LogP contribution in [-0.2, 0) is 9.59 Å². The molecule has 0 aromatic rings. The van der Waals surface area contributed by atoms with Crippen LogP contribution in [0.1, 0.15) is 46.5 Å². The first-order chi connectivity index (χ1) is 9.05. The van der Waals surface area contributed by atoms with Crippen LogP contribution in [0.3, 0.4) is 0 Å². The van der Waals surface area contributed by atoms with Crippen LogP contribution in [-0.4, -0.2) is 37.5 Å². The number of amides is 2. The van der Waals surface area contributed by atoms with Gasteiger partial charge in [0.1, 0.15) is 6.04 Å². The Bertz CT molecular complexity index is 306. The molecule has 0 aliphatic carbocycles. The summed E-state index contributed by atoms with van der Waals surface area (Å²) in [6.45, 7) is 7.98. The molecule has 19 heavy (non-hydrogen) atoms. The quantitative estimate of drug-likeness (QED) is 0.668. The molecule has 1 aliphatic heterocycles. The first-order valence-electron chi connectivity index (χ1n) is 7.35. The topological polar surface area (TPSA) is 70.2 Å². The second-order valence-corrected chi connectivity index (χ2v) is 5.40. The van der Waals surface area contributed by atoms with Gasteiger partial charge in [-0.25, -0.2) is 0 Å². The fourth-order valence-corrected chi connectivity index (χ4v) is 2.71. The molecule has 2 atom stereocenters. The lowest BCUT2D eigenvalue weighted by atomic mass is 9.76. The normalized spacial score (nSPS) is 24.6. The lowest BCUT2D eigenvalue weighted by Crippen LogP contribution is -2.55. The van der Waals surface area contributed by atoms with Gasteiger partial charge in [-0.1, -0.05) is 13.3 Å². The largest absolute Gasteiger partial charge is 0.355 e. The third kappa shape index (κ3) is 4.20. The van der Waals surface area contributed by atoms with Gasteiger partial charge in [-0.2, -0.15) is 0 Å². The summed E-state index contributed by atoms with van der Waals surface area (Å²) >= 11 is 0. The summed E-state index contributed by atoms with van der Waals surface area (Å²) in [6.07, 6.45) is 3.77. The van der Waals surface area contributed by atoms with Gasteiger partial charge in [0.2, 0.25) is 11.8 Å². The molecule has 5 nitrogen and oxygen atoms in total. The van der Waals surface area contributed by atoms with E-state index in [0.29, 0.717) is 6.54 Å². The Hall–Kier alpha value is -1.10. The Balaban J connectivity index is 2.64. The minimum Gasteiger partial charge on any atom is -0.355 e. The van der Waals surface area contributed by atoms with Crippen LogP contribution in [0.2, 0.25) is 0 Å². The summed E-state index contributed by atoms with van der Waals surface area (Å²) in [5, 5.41) is 8.91. The Morgan fingerprint density at radius 3 is 2.63 bits per heavy atom. The maximum atomic E-state index is 12.5. The molecule has 0 saturated carbocycles. The molecule has 1 rings (SSSR count). The molecule has 0 aromatic heterocycles. The van der Waals surface area contributed by atoms with Crippen LogP contribution in [0.15, 0.2) is 0 Å². The van der Waals surface area contributed by atoms with Crippen molar-refractivity contribution in [2.24, 2.45) is 5.41 Å². The molecule has 2 amide bonds. The van der Waals surface area contributed by atoms with Crippen LogP contribution in [0.4, 0.5) is 0 Å². The van der Waals surface area contributed by atoms with E-state index in [1.165, 1.54) is 0 Å². The highest BCUT2D eigenvalue weighted by Crippen LogP contribution is 2.31. The van der Waals surface area contributed by atoms with E-state index in [4.69, 9.17) is 0 Å². The Kier molecular flexibility index (Phi) is 6.28. The van der Waals surface area contributed by atoms with Crippen LogP contribution in [0.5, 0.6) is 0 Å². The van der Waals surface area contributed by atoms with Crippen molar-refractivity contribution in [2.45, 2.75) is 52.5 Å². The Morgan fingerprint density at radius 2 is 2.11 bits per heavy atom. The van der Waals surface area contributed by atoms with Crippen molar-refractivity contribution >= 4 is 11.8 Å². The zero-order valence-corrected chi connectivity index (χ0v) is 12.3. The van der Waals surface area contributed by atoms with Gasteiger partial charge in [0.25, 0.3) is 0 Å². The van der Waals surface area contributed by atoms with Gasteiger partial charge < -0.3 is 16.0 Å². The summed E-state index contributed by atoms with van der Waals surface area (Å²) in [4.78, 5) is 24.2. The van der Waals surface area contributed by atoms with Crippen LogP contribution < -0.4 is 16.0 Å². The minimum atomic E-state index is -0.469. The molecule has 0 aromatic carbocycles. The third-order valence-corrected chi connectivity index (χ3v) is 3.77. The predicted molar refractivity (Wildman–Crippen MR) is 75.7 cm³/mol. The van der Waals surface area contributed by atoms with Crippen molar-refractivity contribution in [3.8, 4) is 0 Å². The molecular weight excluding hydrogens is 242 g/mol. The van der Waals surface area contributed by atoms with E-state index in [1.54, 1.807) is 6.92 Å². The van der Waals surface area contributed by atoms with Crippen molar-refractivity contribution in [2.75, 3.05) is 19.6 Å². The highest BCUT2D eigenvalue weighted by molar-refractivity contribution is 5.90. The second-order valence-electron chi connectivity index (χ2n) is 5.40. The fourth-order valence-electron chi connectivity index (χ4n) is 2.71. The smallest absolute Gasteiger partial charge is 0.242 e. The molecular formula is C14H27N3O2. The van der Waals surface area contributed by atoms with E-state index in [9.17, 15) is 9.59 Å². The van der Waals surface area contributed by atoms with Crippen molar-refractivity contribution in [1.29, 1.82) is 0 Å². The predicted octanol–water partition coefficient (Wildman–Crippen LogP) is 0.797. The molecule has 3 N–H and O–H groups in total. The van der Waals surface area contributed by atoms with Crippen molar-refractivity contribution < 1.29 is 9.59 Å². The van der Waals surface area contributed by atoms with Crippen LogP contribution in [0, 0.1) is 5.41 Å². The first-order valence-corrected chi connectivity index (χ1v) is 7.35. The fraction of sp³-hybridized carbons (Fsp3) is 0.857. The van der Waals surface area contributed by atoms with E-state index in [0.717, 1.165) is 38.8 Å². The van der Waals surface area contributed by atoms with Gasteiger partial charge >= 0.3 is 0 Å². The molecule has 1 aliphatic rings. The average molecular weight is 269 g/mol. The van der Waals surface area contributed by atoms with Gasteiger partial charge in [0, 0.05) is 13.1 Å². The number of rotatable bonds is 6. The number of likely N-dealkylation sites (N-methyl/N-ethyl adjacent to an activating group) is 1. The Morgan fingerprint density at radius 1 is 1.37 bits per heavy atom. The van der Waals surface area contributed by atoms with E-state index < -0.39 is 6.04 Å². The van der Waals surface area contributed by atoms with E-state index in [2.05, 4.69) is 22.9 Å². The highest BCUT2D eigenvalue weighted by atomic mass is 16.2. The molecule has 1 heterocycles. The molecule has 2 unspecified atom stereocenters. The maximum absolute atomic E-state index is 12.5. The van der Waals surface area contributed by atoms with Crippen LogP contribution in [0.25, 0.3) is 0 Å². The van der Waals surface area contributed by atoms with Gasteiger partial charge in [0.05, 0.1) is 5.41 Å². The van der Waals surface area contributed by atoms with E-state index in [1.807, 2.05) is 6.92 Å². The number of hydrogen-bond donors (Lipinski definition) is 3. The number of carbonyl (C=O) groups is 2. The number of carbonyl (C=O) groups excluding carboxylic acids is 2. The van der Waals surface area contributed by atoms with Crippen molar-refractivity contribution in [1.82, 2.24) is 16.0 Å². The average Bonchev–Trinajstić information content (AvgIpc) is 2.40. The van der Waals surface area contributed by atoms with E-state index >= 15 is 0 Å². The molecule has 0 spiro atoms. The summed E-state index contributed by atoms with van der Waals surface area (Å²) in [7, 11) is 0. The Labute approximate surface area is 115 Å².